The number of hydrogen-bond donors (Lipinski definition) is 0. The van der Waals surface area contributed by atoms with Crippen molar-refractivity contribution in [2.75, 3.05) is 0 Å². The van der Waals surface area contributed by atoms with Gasteiger partial charge in [0.2, 0.25) is 5.78 Å². The molecular formula is C10H12O3. The SMILES string of the molecule is CC(=O)C[C@@H](C)C(=O)c1ccco1. The summed E-state index contributed by atoms with van der Waals surface area (Å²) in [6.07, 6.45) is 1.73. The highest BCUT2D eigenvalue weighted by Gasteiger charge is 2.18. The van der Waals surface area contributed by atoms with Crippen LogP contribution >= 0.6 is 0 Å². The van der Waals surface area contributed by atoms with Crippen molar-refractivity contribution in [1.82, 2.24) is 0 Å². The minimum Gasteiger partial charge on any atom is -0.461 e. The summed E-state index contributed by atoms with van der Waals surface area (Å²) in [4.78, 5) is 22.2. The van der Waals surface area contributed by atoms with Gasteiger partial charge in [0.1, 0.15) is 5.78 Å². The molecule has 0 fully saturated rings. The van der Waals surface area contributed by atoms with Crippen molar-refractivity contribution in [2.45, 2.75) is 20.3 Å². The molecule has 0 N–H and O–H groups in total. The van der Waals surface area contributed by atoms with Crippen LogP contribution in [0.3, 0.4) is 0 Å². The Morgan fingerprint density at radius 1 is 1.54 bits per heavy atom. The van der Waals surface area contributed by atoms with Gasteiger partial charge >= 0.3 is 0 Å². The largest absolute Gasteiger partial charge is 0.461 e. The zero-order chi connectivity index (χ0) is 9.84. The first kappa shape index (κ1) is 9.71. The van der Waals surface area contributed by atoms with Crippen molar-refractivity contribution in [1.29, 1.82) is 0 Å². The Kier molecular flexibility index (Phi) is 3.01. The van der Waals surface area contributed by atoms with E-state index in [0.717, 1.165) is 0 Å². The van der Waals surface area contributed by atoms with Gasteiger partial charge in [0.15, 0.2) is 5.76 Å². The second-order valence-electron chi connectivity index (χ2n) is 3.15. The van der Waals surface area contributed by atoms with Crippen LogP contribution in [0.4, 0.5) is 0 Å². The fourth-order valence-electron chi connectivity index (χ4n) is 1.19. The van der Waals surface area contributed by atoms with Crippen LogP contribution in [0.1, 0.15) is 30.8 Å². The highest BCUT2D eigenvalue weighted by molar-refractivity contribution is 5.97. The molecule has 1 aromatic rings. The van der Waals surface area contributed by atoms with E-state index in [0.29, 0.717) is 5.76 Å². The van der Waals surface area contributed by atoms with Gasteiger partial charge in [0.05, 0.1) is 6.26 Å². The molecular weight excluding hydrogens is 168 g/mol. The maximum absolute atomic E-state index is 11.5. The summed E-state index contributed by atoms with van der Waals surface area (Å²) >= 11 is 0. The van der Waals surface area contributed by atoms with Crippen LogP contribution in [0.25, 0.3) is 0 Å². The molecule has 0 aromatic carbocycles. The molecule has 0 aliphatic carbocycles. The van der Waals surface area contributed by atoms with Gasteiger partial charge in [-0.2, -0.15) is 0 Å². The van der Waals surface area contributed by atoms with E-state index >= 15 is 0 Å². The molecule has 1 rings (SSSR count). The second kappa shape index (κ2) is 4.03. The molecule has 0 saturated carbocycles. The third-order valence-electron chi connectivity index (χ3n) is 1.81. The average molecular weight is 180 g/mol. The Balaban J connectivity index is 2.63. The fraction of sp³-hybridized carbons (Fsp3) is 0.400. The van der Waals surface area contributed by atoms with Gasteiger partial charge in [-0.05, 0) is 19.1 Å². The molecule has 0 bridgehead atoms. The number of furan rings is 1. The van der Waals surface area contributed by atoms with Gasteiger partial charge in [0, 0.05) is 12.3 Å². The van der Waals surface area contributed by atoms with E-state index < -0.39 is 0 Å². The van der Waals surface area contributed by atoms with E-state index in [1.54, 1.807) is 19.1 Å². The normalized spacial score (nSPS) is 12.5. The number of carbonyl (C=O) groups excluding carboxylic acids is 2. The molecule has 3 heteroatoms. The molecule has 13 heavy (non-hydrogen) atoms. The number of ketones is 2. The molecule has 0 aliphatic heterocycles. The summed E-state index contributed by atoms with van der Waals surface area (Å²) < 4.78 is 4.94. The lowest BCUT2D eigenvalue weighted by Gasteiger charge is -2.04. The van der Waals surface area contributed by atoms with Gasteiger partial charge < -0.3 is 9.21 Å². The smallest absolute Gasteiger partial charge is 0.201 e. The van der Waals surface area contributed by atoms with E-state index in [9.17, 15) is 9.59 Å². The molecule has 0 saturated heterocycles. The van der Waals surface area contributed by atoms with E-state index in [1.165, 1.54) is 13.2 Å². The van der Waals surface area contributed by atoms with Crippen LogP contribution in [0, 0.1) is 5.92 Å². The van der Waals surface area contributed by atoms with Gasteiger partial charge in [-0.3, -0.25) is 4.79 Å². The lowest BCUT2D eigenvalue weighted by Crippen LogP contribution is -2.13. The molecule has 3 nitrogen and oxygen atoms in total. The standard InChI is InChI=1S/C10H12O3/c1-7(6-8(2)11)10(12)9-4-3-5-13-9/h3-5,7H,6H2,1-2H3/t7-/m1/s1. The maximum atomic E-state index is 11.5. The van der Waals surface area contributed by atoms with E-state index in [-0.39, 0.29) is 23.9 Å². The first-order valence-corrected chi connectivity index (χ1v) is 4.18. The Morgan fingerprint density at radius 2 is 2.23 bits per heavy atom. The zero-order valence-corrected chi connectivity index (χ0v) is 7.74. The van der Waals surface area contributed by atoms with Crippen molar-refractivity contribution in [3.05, 3.63) is 24.2 Å². The minimum absolute atomic E-state index is 0.0207. The van der Waals surface area contributed by atoms with Gasteiger partial charge in [-0.15, -0.1) is 0 Å². The lowest BCUT2D eigenvalue weighted by molar-refractivity contribution is -0.117. The molecule has 0 spiro atoms. The maximum Gasteiger partial charge on any atom is 0.201 e. The quantitative estimate of drug-likeness (QED) is 0.666. The number of carbonyl (C=O) groups is 2. The van der Waals surface area contributed by atoms with Crippen LogP contribution in [0.5, 0.6) is 0 Å². The van der Waals surface area contributed by atoms with E-state index in [1.807, 2.05) is 0 Å². The van der Waals surface area contributed by atoms with Crippen LogP contribution in [-0.2, 0) is 4.79 Å². The van der Waals surface area contributed by atoms with E-state index in [2.05, 4.69) is 0 Å². The molecule has 70 valence electrons. The molecule has 1 aromatic heterocycles. The molecule has 0 radical (unpaired) electrons. The summed E-state index contributed by atoms with van der Waals surface area (Å²) in [5.41, 5.74) is 0. The summed E-state index contributed by atoms with van der Waals surface area (Å²) in [5, 5.41) is 0. The second-order valence-corrected chi connectivity index (χ2v) is 3.15. The van der Waals surface area contributed by atoms with Crippen LogP contribution in [-0.4, -0.2) is 11.6 Å². The number of hydrogen-bond acceptors (Lipinski definition) is 3. The summed E-state index contributed by atoms with van der Waals surface area (Å²) in [5.74, 6) is -0.0509. The van der Waals surface area contributed by atoms with Crippen LogP contribution in [0.15, 0.2) is 22.8 Å². The van der Waals surface area contributed by atoms with Crippen molar-refractivity contribution in [2.24, 2.45) is 5.92 Å². The molecule has 1 heterocycles. The molecule has 0 aliphatic rings. The Labute approximate surface area is 76.7 Å². The van der Waals surface area contributed by atoms with E-state index in [4.69, 9.17) is 4.42 Å². The zero-order valence-electron chi connectivity index (χ0n) is 7.74. The Hall–Kier alpha value is -1.38. The van der Waals surface area contributed by atoms with Crippen LogP contribution < -0.4 is 0 Å². The third kappa shape index (κ3) is 2.54. The molecule has 1 atom stereocenters. The Bertz CT molecular complexity index is 298. The lowest BCUT2D eigenvalue weighted by atomic mass is 9.99. The summed E-state index contributed by atoms with van der Waals surface area (Å²) in [7, 11) is 0. The van der Waals surface area contributed by atoms with Gasteiger partial charge in [0.25, 0.3) is 0 Å². The molecule has 0 unspecified atom stereocenters. The van der Waals surface area contributed by atoms with Gasteiger partial charge in [-0.1, -0.05) is 6.92 Å². The summed E-state index contributed by atoms with van der Waals surface area (Å²) in [6.45, 7) is 3.21. The first-order chi connectivity index (χ1) is 6.11. The predicted molar refractivity (Wildman–Crippen MR) is 47.5 cm³/mol. The van der Waals surface area contributed by atoms with Crippen LogP contribution in [0.2, 0.25) is 0 Å². The first-order valence-electron chi connectivity index (χ1n) is 4.18. The summed E-state index contributed by atoms with van der Waals surface area (Å²) in [6, 6.07) is 3.27. The topological polar surface area (TPSA) is 47.3 Å². The molecule has 0 amide bonds. The highest BCUT2D eigenvalue weighted by atomic mass is 16.3. The van der Waals surface area contributed by atoms with Crippen molar-refractivity contribution in [3.8, 4) is 0 Å². The van der Waals surface area contributed by atoms with Crippen molar-refractivity contribution >= 4 is 11.6 Å². The minimum atomic E-state index is -0.288. The number of rotatable bonds is 4. The Morgan fingerprint density at radius 3 is 2.69 bits per heavy atom. The monoisotopic (exact) mass is 180 g/mol. The van der Waals surface area contributed by atoms with Crippen molar-refractivity contribution < 1.29 is 14.0 Å². The van der Waals surface area contributed by atoms with Gasteiger partial charge in [-0.25, -0.2) is 0 Å². The predicted octanol–water partition coefficient (Wildman–Crippen LogP) is 2.08. The fourth-order valence-corrected chi connectivity index (χ4v) is 1.19. The number of Topliss-reactive ketones (excluding diaryl/α,β-unsaturated/α-hetero) is 2. The van der Waals surface area contributed by atoms with Crippen molar-refractivity contribution in [3.63, 3.8) is 0 Å². The highest BCUT2D eigenvalue weighted by Crippen LogP contribution is 2.12. The third-order valence-corrected chi connectivity index (χ3v) is 1.81. The average Bonchev–Trinajstić information content (AvgIpc) is 2.53.